The Kier molecular flexibility index (Phi) is 3.06. The van der Waals surface area contributed by atoms with E-state index >= 15 is 0 Å². The van der Waals surface area contributed by atoms with Crippen LogP contribution in [0, 0.1) is 16.7 Å². The summed E-state index contributed by atoms with van der Waals surface area (Å²) in [5.41, 5.74) is 1.41. The zero-order valence-electron chi connectivity index (χ0n) is 11.6. The molecule has 3 aromatic rings. The van der Waals surface area contributed by atoms with Crippen molar-refractivity contribution in [1.82, 2.24) is 9.38 Å². The van der Waals surface area contributed by atoms with Crippen LogP contribution in [0.15, 0.2) is 18.2 Å². The third-order valence-electron chi connectivity index (χ3n) is 3.96. The molecule has 1 aliphatic heterocycles. The van der Waals surface area contributed by atoms with Crippen molar-refractivity contribution in [3.8, 4) is 6.07 Å². The second-order valence-electron chi connectivity index (χ2n) is 5.30. The van der Waals surface area contributed by atoms with Gasteiger partial charge in [0.2, 0.25) is 0 Å². The van der Waals surface area contributed by atoms with Gasteiger partial charge in [-0.2, -0.15) is 5.26 Å². The van der Waals surface area contributed by atoms with Crippen LogP contribution in [0.2, 0.25) is 5.02 Å². The van der Waals surface area contributed by atoms with E-state index in [1.807, 2.05) is 12.1 Å². The molecule has 0 aliphatic carbocycles. The van der Waals surface area contributed by atoms with Gasteiger partial charge in [0.05, 0.1) is 10.2 Å². The van der Waals surface area contributed by atoms with Crippen LogP contribution in [0.4, 0.5) is 5.82 Å². The average Bonchev–Trinajstić information content (AvgIpc) is 3.13. The third-order valence-corrected chi connectivity index (χ3v) is 5.20. The topological polar surface area (TPSA) is 68.2 Å². The summed E-state index contributed by atoms with van der Waals surface area (Å²) in [6.45, 7) is 1.79. The lowest BCUT2D eigenvalue weighted by Crippen LogP contribution is -2.26. The van der Waals surface area contributed by atoms with Crippen LogP contribution < -0.4 is 10.4 Å². The Morgan fingerprint density at radius 1 is 1.32 bits per heavy atom. The standard InChI is InChI=1S/C15H12ClN5S/c16-9-3-4-11-12(7-9)22-15-19-14(20-5-1-2-6-20)10(8-17)13(18)21(11)15/h3-4,7,18H,1-2,5-6H2. The van der Waals surface area contributed by atoms with E-state index in [1.54, 1.807) is 10.5 Å². The number of rotatable bonds is 1. The number of benzene rings is 1. The highest BCUT2D eigenvalue weighted by atomic mass is 35.5. The van der Waals surface area contributed by atoms with Crippen LogP contribution in [0.3, 0.4) is 0 Å². The summed E-state index contributed by atoms with van der Waals surface area (Å²) in [5, 5.41) is 18.6. The first-order chi connectivity index (χ1) is 10.7. The molecule has 0 amide bonds. The molecule has 0 spiro atoms. The summed E-state index contributed by atoms with van der Waals surface area (Å²) in [6, 6.07) is 7.70. The molecule has 1 N–H and O–H groups in total. The molecule has 1 aliphatic rings. The van der Waals surface area contributed by atoms with Crippen LogP contribution in [0.1, 0.15) is 18.4 Å². The molecule has 0 radical (unpaired) electrons. The lowest BCUT2D eigenvalue weighted by molar-refractivity contribution is 0.909. The number of fused-ring (bicyclic) bond motifs is 3. The fourth-order valence-electron chi connectivity index (χ4n) is 2.92. The Labute approximate surface area is 135 Å². The van der Waals surface area contributed by atoms with Crippen molar-refractivity contribution in [2.75, 3.05) is 18.0 Å². The number of halogens is 1. The first-order valence-electron chi connectivity index (χ1n) is 7.03. The minimum absolute atomic E-state index is 0.197. The Balaban J connectivity index is 2.10. The van der Waals surface area contributed by atoms with Crippen molar-refractivity contribution >= 4 is 43.9 Å². The van der Waals surface area contributed by atoms with Gasteiger partial charge in [0, 0.05) is 18.1 Å². The second kappa shape index (κ2) is 4.97. The number of hydrogen-bond donors (Lipinski definition) is 1. The largest absolute Gasteiger partial charge is 0.355 e. The van der Waals surface area contributed by atoms with Gasteiger partial charge in [0.1, 0.15) is 11.6 Å². The van der Waals surface area contributed by atoms with E-state index in [1.165, 1.54) is 11.3 Å². The maximum atomic E-state index is 9.51. The normalized spacial score (nSPS) is 14.8. The van der Waals surface area contributed by atoms with E-state index in [9.17, 15) is 5.26 Å². The lowest BCUT2D eigenvalue weighted by atomic mass is 10.3. The van der Waals surface area contributed by atoms with Gasteiger partial charge in [0.15, 0.2) is 16.3 Å². The summed E-state index contributed by atoms with van der Waals surface area (Å²) in [4.78, 5) is 7.51. The van der Waals surface area contributed by atoms with E-state index in [-0.39, 0.29) is 5.49 Å². The van der Waals surface area contributed by atoms with E-state index in [0.29, 0.717) is 16.4 Å². The maximum Gasteiger partial charge on any atom is 0.198 e. The molecule has 110 valence electrons. The highest BCUT2D eigenvalue weighted by molar-refractivity contribution is 7.23. The number of hydrogen-bond acceptors (Lipinski definition) is 5. The molecule has 0 bridgehead atoms. The van der Waals surface area contributed by atoms with Crippen molar-refractivity contribution in [2.24, 2.45) is 0 Å². The molecular weight excluding hydrogens is 318 g/mol. The lowest BCUT2D eigenvalue weighted by Gasteiger charge is -2.17. The molecular formula is C15H12ClN5S. The number of nitriles is 1. The first-order valence-corrected chi connectivity index (χ1v) is 8.23. The van der Waals surface area contributed by atoms with Crippen molar-refractivity contribution < 1.29 is 0 Å². The van der Waals surface area contributed by atoms with Crippen LogP contribution in [0.25, 0.3) is 15.2 Å². The van der Waals surface area contributed by atoms with E-state index < -0.39 is 0 Å². The van der Waals surface area contributed by atoms with Crippen LogP contribution in [-0.4, -0.2) is 22.5 Å². The molecule has 5 nitrogen and oxygen atoms in total. The third kappa shape index (κ3) is 1.90. The molecule has 1 saturated heterocycles. The fourth-order valence-corrected chi connectivity index (χ4v) is 4.21. The minimum atomic E-state index is 0.197. The van der Waals surface area contributed by atoms with Crippen LogP contribution in [0.5, 0.6) is 0 Å². The summed E-state index contributed by atoms with van der Waals surface area (Å²) in [6.07, 6.45) is 2.21. The predicted molar refractivity (Wildman–Crippen MR) is 87.6 cm³/mol. The molecule has 0 atom stereocenters. The Bertz CT molecular complexity index is 991. The summed E-state index contributed by atoms with van der Waals surface area (Å²) in [5.74, 6) is 0.641. The van der Waals surface area contributed by atoms with Gasteiger partial charge in [-0.25, -0.2) is 4.98 Å². The fraction of sp³-hybridized carbons (Fsp3) is 0.267. The average molecular weight is 330 g/mol. The number of anilines is 1. The molecule has 1 fully saturated rings. The van der Waals surface area contributed by atoms with Crippen molar-refractivity contribution in [1.29, 1.82) is 10.7 Å². The molecule has 7 heteroatoms. The van der Waals surface area contributed by atoms with Gasteiger partial charge in [-0.05, 0) is 31.0 Å². The van der Waals surface area contributed by atoms with Crippen molar-refractivity contribution in [3.05, 3.63) is 34.3 Å². The first kappa shape index (κ1) is 13.6. The number of thiazole rings is 1. The number of aromatic nitrogens is 2. The van der Waals surface area contributed by atoms with Gasteiger partial charge in [0.25, 0.3) is 0 Å². The Morgan fingerprint density at radius 2 is 2.09 bits per heavy atom. The number of nitrogens with zero attached hydrogens (tertiary/aromatic N) is 4. The molecule has 0 saturated carbocycles. The van der Waals surface area contributed by atoms with E-state index in [4.69, 9.17) is 17.0 Å². The molecule has 22 heavy (non-hydrogen) atoms. The van der Waals surface area contributed by atoms with Crippen molar-refractivity contribution in [2.45, 2.75) is 12.8 Å². The van der Waals surface area contributed by atoms with Crippen LogP contribution in [-0.2, 0) is 0 Å². The zero-order chi connectivity index (χ0) is 15.3. The monoisotopic (exact) mass is 329 g/mol. The highest BCUT2D eigenvalue weighted by Crippen LogP contribution is 2.29. The van der Waals surface area contributed by atoms with Crippen molar-refractivity contribution in [3.63, 3.8) is 0 Å². The highest BCUT2D eigenvalue weighted by Gasteiger charge is 2.21. The SMILES string of the molecule is N#Cc1c(N2CCCC2)nc2sc3cc(Cl)ccc3n2c1=N. The van der Waals surface area contributed by atoms with Gasteiger partial charge in [-0.15, -0.1) is 0 Å². The zero-order valence-corrected chi connectivity index (χ0v) is 13.2. The smallest absolute Gasteiger partial charge is 0.198 e. The molecule has 2 aromatic heterocycles. The Morgan fingerprint density at radius 3 is 2.82 bits per heavy atom. The summed E-state index contributed by atoms with van der Waals surface area (Å²) < 4.78 is 2.70. The molecule has 3 heterocycles. The van der Waals surface area contributed by atoms with E-state index in [0.717, 1.165) is 41.1 Å². The predicted octanol–water partition coefficient (Wildman–Crippen LogP) is 3.15. The van der Waals surface area contributed by atoms with Crippen LogP contribution >= 0.6 is 22.9 Å². The van der Waals surface area contributed by atoms with Gasteiger partial charge in [-0.1, -0.05) is 22.9 Å². The van der Waals surface area contributed by atoms with Gasteiger partial charge in [-0.3, -0.25) is 9.81 Å². The van der Waals surface area contributed by atoms with Gasteiger partial charge < -0.3 is 4.90 Å². The summed E-state index contributed by atoms with van der Waals surface area (Å²) >= 11 is 7.54. The Hall–Kier alpha value is -2.10. The quantitative estimate of drug-likeness (QED) is 0.745. The summed E-state index contributed by atoms with van der Waals surface area (Å²) in [7, 11) is 0. The van der Waals surface area contributed by atoms with E-state index in [2.05, 4.69) is 16.0 Å². The maximum absolute atomic E-state index is 9.51. The number of nitrogens with one attached hydrogen (secondary N) is 1. The van der Waals surface area contributed by atoms with Gasteiger partial charge >= 0.3 is 0 Å². The molecule has 4 rings (SSSR count). The minimum Gasteiger partial charge on any atom is -0.355 e. The molecule has 1 aromatic carbocycles. The second-order valence-corrected chi connectivity index (χ2v) is 6.74. The molecule has 0 unspecified atom stereocenters.